The molecule has 28 heavy (non-hydrogen) atoms. The fraction of sp³-hybridized carbons (Fsp3) is 0. The standard InChI is InChI=1S/C22H16FN3OS/c23-16-11-13-18(14-12-16)25-22-26-19(15-7-3-1-4-8-15)20(28-22)21(27)24-17-9-5-2-6-10-17/h1-14H,(H,24,27)(H,25,26). The number of amides is 1. The number of para-hydroxylation sites is 1. The minimum absolute atomic E-state index is 0.227. The van der Waals surface area contributed by atoms with Gasteiger partial charge in [-0.3, -0.25) is 4.79 Å². The van der Waals surface area contributed by atoms with Gasteiger partial charge in [-0.25, -0.2) is 9.37 Å². The highest BCUT2D eigenvalue weighted by molar-refractivity contribution is 7.18. The number of nitrogens with zero attached hydrogens (tertiary/aromatic N) is 1. The third-order valence-electron chi connectivity index (χ3n) is 4.01. The summed E-state index contributed by atoms with van der Waals surface area (Å²) in [5.41, 5.74) is 2.87. The lowest BCUT2D eigenvalue weighted by atomic mass is 10.1. The second-order valence-electron chi connectivity index (χ2n) is 6.01. The van der Waals surface area contributed by atoms with Crippen molar-refractivity contribution < 1.29 is 9.18 Å². The van der Waals surface area contributed by atoms with Gasteiger partial charge >= 0.3 is 0 Å². The maximum atomic E-state index is 13.1. The van der Waals surface area contributed by atoms with E-state index in [1.54, 1.807) is 12.1 Å². The molecule has 1 heterocycles. The zero-order valence-electron chi connectivity index (χ0n) is 14.7. The Labute approximate surface area is 165 Å². The van der Waals surface area contributed by atoms with Gasteiger partial charge in [-0.15, -0.1) is 0 Å². The molecule has 4 rings (SSSR count). The highest BCUT2D eigenvalue weighted by Gasteiger charge is 2.20. The summed E-state index contributed by atoms with van der Waals surface area (Å²) in [7, 11) is 0. The van der Waals surface area contributed by atoms with E-state index in [9.17, 15) is 9.18 Å². The van der Waals surface area contributed by atoms with Crippen LogP contribution < -0.4 is 10.6 Å². The topological polar surface area (TPSA) is 54.0 Å². The summed E-state index contributed by atoms with van der Waals surface area (Å²) in [5, 5.41) is 6.61. The maximum absolute atomic E-state index is 13.1. The fourth-order valence-corrected chi connectivity index (χ4v) is 3.59. The molecule has 0 bridgehead atoms. The molecule has 4 aromatic rings. The molecule has 0 radical (unpaired) electrons. The molecule has 0 aliphatic heterocycles. The predicted octanol–water partition coefficient (Wildman–Crippen LogP) is 5.95. The maximum Gasteiger partial charge on any atom is 0.268 e. The van der Waals surface area contributed by atoms with Crippen LogP contribution in [-0.2, 0) is 0 Å². The Bertz CT molecular complexity index is 1080. The Morgan fingerprint density at radius 1 is 0.821 bits per heavy atom. The van der Waals surface area contributed by atoms with Crippen molar-refractivity contribution in [2.75, 3.05) is 10.6 Å². The van der Waals surface area contributed by atoms with Crippen LogP contribution in [0.4, 0.5) is 20.9 Å². The molecule has 2 N–H and O–H groups in total. The molecule has 6 heteroatoms. The molecule has 0 fully saturated rings. The van der Waals surface area contributed by atoms with Gasteiger partial charge in [-0.1, -0.05) is 59.9 Å². The number of halogens is 1. The van der Waals surface area contributed by atoms with Crippen molar-refractivity contribution in [1.29, 1.82) is 0 Å². The Hall–Kier alpha value is -3.51. The van der Waals surface area contributed by atoms with Gasteiger partial charge in [0.15, 0.2) is 5.13 Å². The van der Waals surface area contributed by atoms with E-state index >= 15 is 0 Å². The molecular weight excluding hydrogens is 373 g/mol. The third-order valence-corrected chi connectivity index (χ3v) is 4.98. The van der Waals surface area contributed by atoms with Crippen molar-refractivity contribution in [3.8, 4) is 11.3 Å². The lowest BCUT2D eigenvalue weighted by molar-refractivity contribution is 0.103. The first-order chi connectivity index (χ1) is 13.7. The molecule has 1 amide bonds. The van der Waals surface area contributed by atoms with Gasteiger partial charge in [-0.2, -0.15) is 0 Å². The Morgan fingerprint density at radius 2 is 1.46 bits per heavy atom. The summed E-state index contributed by atoms with van der Waals surface area (Å²) in [6.45, 7) is 0. The van der Waals surface area contributed by atoms with Crippen LogP contribution in [0, 0.1) is 5.82 Å². The summed E-state index contributed by atoms with van der Waals surface area (Å²) in [6, 6.07) is 24.8. The molecular formula is C22H16FN3OS. The van der Waals surface area contributed by atoms with Crippen molar-refractivity contribution in [1.82, 2.24) is 4.98 Å². The summed E-state index contributed by atoms with van der Waals surface area (Å²) < 4.78 is 13.1. The summed E-state index contributed by atoms with van der Waals surface area (Å²) in [6.07, 6.45) is 0. The zero-order valence-corrected chi connectivity index (χ0v) is 15.5. The van der Waals surface area contributed by atoms with E-state index < -0.39 is 0 Å². The van der Waals surface area contributed by atoms with E-state index in [0.717, 1.165) is 5.56 Å². The highest BCUT2D eigenvalue weighted by Crippen LogP contribution is 2.33. The van der Waals surface area contributed by atoms with E-state index in [0.29, 0.717) is 27.1 Å². The molecule has 0 spiro atoms. The van der Waals surface area contributed by atoms with Crippen LogP contribution in [0.5, 0.6) is 0 Å². The van der Waals surface area contributed by atoms with Crippen LogP contribution in [0.2, 0.25) is 0 Å². The van der Waals surface area contributed by atoms with Gasteiger partial charge in [0.25, 0.3) is 5.91 Å². The molecule has 0 saturated heterocycles. The third kappa shape index (κ3) is 4.07. The lowest BCUT2D eigenvalue weighted by Crippen LogP contribution is -2.11. The average molecular weight is 389 g/mol. The number of carbonyl (C=O) groups is 1. The first kappa shape index (κ1) is 17.9. The smallest absolute Gasteiger partial charge is 0.268 e. The van der Waals surface area contributed by atoms with Crippen LogP contribution in [-0.4, -0.2) is 10.9 Å². The number of hydrogen-bond acceptors (Lipinski definition) is 4. The molecule has 0 unspecified atom stereocenters. The lowest BCUT2D eigenvalue weighted by Gasteiger charge is -2.05. The number of aromatic nitrogens is 1. The van der Waals surface area contributed by atoms with E-state index in [2.05, 4.69) is 15.6 Å². The second kappa shape index (κ2) is 8.02. The summed E-state index contributed by atoms with van der Waals surface area (Å²) in [5.74, 6) is -0.535. The Kier molecular flexibility index (Phi) is 5.12. The number of hydrogen-bond donors (Lipinski definition) is 2. The quantitative estimate of drug-likeness (QED) is 0.444. The SMILES string of the molecule is O=C(Nc1ccccc1)c1sc(Nc2ccc(F)cc2)nc1-c1ccccc1. The zero-order chi connectivity index (χ0) is 19.3. The Morgan fingerprint density at radius 3 is 2.14 bits per heavy atom. The normalized spacial score (nSPS) is 10.5. The van der Waals surface area contributed by atoms with Crippen molar-refractivity contribution in [3.05, 3.63) is 95.6 Å². The molecule has 4 nitrogen and oxygen atoms in total. The molecule has 1 aromatic heterocycles. The molecule has 0 aliphatic rings. The number of anilines is 3. The largest absolute Gasteiger partial charge is 0.332 e. The van der Waals surface area contributed by atoms with Gasteiger partial charge < -0.3 is 10.6 Å². The fourth-order valence-electron chi connectivity index (χ4n) is 2.69. The second-order valence-corrected chi connectivity index (χ2v) is 7.01. The highest BCUT2D eigenvalue weighted by atomic mass is 32.1. The number of nitrogens with one attached hydrogen (secondary N) is 2. The number of carbonyl (C=O) groups excluding carboxylic acids is 1. The first-order valence-electron chi connectivity index (χ1n) is 8.64. The molecule has 138 valence electrons. The average Bonchev–Trinajstić information content (AvgIpc) is 3.15. The van der Waals surface area contributed by atoms with Gasteiger partial charge in [0.05, 0.1) is 5.69 Å². The van der Waals surface area contributed by atoms with E-state index in [-0.39, 0.29) is 11.7 Å². The molecule has 0 aliphatic carbocycles. The summed E-state index contributed by atoms with van der Waals surface area (Å²) >= 11 is 1.25. The number of thiazole rings is 1. The van der Waals surface area contributed by atoms with Crippen molar-refractivity contribution in [2.45, 2.75) is 0 Å². The van der Waals surface area contributed by atoms with Crippen molar-refractivity contribution >= 4 is 33.8 Å². The van der Waals surface area contributed by atoms with Crippen LogP contribution >= 0.6 is 11.3 Å². The first-order valence-corrected chi connectivity index (χ1v) is 9.46. The minimum atomic E-state index is -0.308. The summed E-state index contributed by atoms with van der Waals surface area (Å²) in [4.78, 5) is 18.0. The minimum Gasteiger partial charge on any atom is -0.332 e. The number of benzene rings is 3. The van der Waals surface area contributed by atoms with Crippen LogP contribution in [0.3, 0.4) is 0 Å². The van der Waals surface area contributed by atoms with Crippen LogP contribution in [0.15, 0.2) is 84.9 Å². The van der Waals surface area contributed by atoms with E-state index in [4.69, 9.17) is 0 Å². The van der Waals surface area contributed by atoms with Crippen LogP contribution in [0.1, 0.15) is 9.67 Å². The van der Waals surface area contributed by atoms with E-state index in [1.165, 1.54) is 23.5 Å². The van der Waals surface area contributed by atoms with Gasteiger partial charge in [0.2, 0.25) is 0 Å². The molecule has 3 aromatic carbocycles. The predicted molar refractivity (Wildman–Crippen MR) is 112 cm³/mol. The van der Waals surface area contributed by atoms with Gasteiger partial charge in [0, 0.05) is 16.9 Å². The molecule has 0 saturated carbocycles. The van der Waals surface area contributed by atoms with Gasteiger partial charge in [-0.05, 0) is 36.4 Å². The molecule has 0 atom stereocenters. The number of rotatable bonds is 5. The Balaban J connectivity index is 1.68. The van der Waals surface area contributed by atoms with Gasteiger partial charge in [0.1, 0.15) is 10.7 Å². The van der Waals surface area contributed by atoms with Crippen molar-refractivity contribution in [3.63, 3.8) is 0 Å². The van der Waals surface area contributed by atoms with Crippen LogP contribution in [0.25, 0.3) is 11.3 Å². The van der Waals surface area contributed by atoms with Crippen molar-refractivity contribution in [2.24, 2.45) is 0 Å². The monoisotopic (exact) mass is 389 g/mol. The van der Waals surface area contributed by atoms with E-state index in [1.807, 2.05) is 60.7 Å².